The molecule has 0 saturated carbocycles. The molecule has 0 aromatic heterocycles. The smallest absolute Gasteiger partial charge is 0.146 e. The Morgan fingerprint density at radius 2 is 2.10 bits per heavy atom. The van der Waals surface area contributed by atoms with Crippen molar-refractivity contribution in [2.75, 3.05) is 7.05 Å². The molecule has 0 radical (unpaired) electrons. The van der Waals surface area contributed by atoms with Gasteiger partial charge in [-0.3, -0.25) is 9.69 Å². The predicted molar refractivity (Wildman–Crippen MR) is 40.9 cm³/mol. The number of Topliss-reactive ketones (excluding diaryl/α,β-unsaturated/α-hetero) is 1. The fraction of sp³-hybridized carbons (Fsp3) is 0.875. The average Bonchev–Trinajstić information content (AvgIpc) is 2.14. The van der Waals surface area contributed by atoms with Crippen molar-refractivity contribution >= 4 is 5.78 Å². The van der Waals surface area contributed by atoms with Gasteiger partial charge in [-0.1, -0.05) is 0 Å². The van der Waals surface area contributed by atoms with E-state index in [4.69, 9.17) is 0 Å². The van der Waals surface area contributed by atoms with Crippen molar-refractivity contribution in [2.24, 2.45) is 0 Å². The summed E-state index contributed by atoms with van der Waals surface area (Å²) in [5, 5.41) is 0. The van der Waals surface area contributed by atoms with Crippen LogP contribution in [0, 0.1) is 0 Å². The first-order valence-electron chi connectivity index (χ1n) is 3.85. The van der Waals surface area contributed by atoms with Gasteiger partial charge in [0, 0.05) is 6.04 Å². The molecule has 1 heterocycles. The van der Waals surface area contributed by atoms with Crippen LogP contribution < -0.4 is 0 Å². The lowest BCUT2D eigenvalue weighted by Crippen LogP contribution is -2.34. The van der Waals surface area contributed by atoms with Crippen molar-refractivity contribution in [3.63, 3.8) is 0 Å². The van der Waals surface area contributed by atoms with E-state index in [0.717, 1.165) is 6.42 Å². The standard InChI is InChI=1S/C8H15NO/c1-6-4-5-8(7(2)10)9(6)3/h6,8H,4-5H2,1-3H3. The number of rotatable bonds is 1. The molecule has 0 aliphatic carbocycles. The van der Waals surface area contributed by atoms with Gasteiger partial charge in [0.15, 0.2) is 0 Å². The third-order valence-corrected chi connectivity index (χ3v) is 2.51. The van der Waals surface area contributed by atoms with Crippen LogP contribution in [-0.2, 0) is 4.79 Å². The molecule has 2 nitrogen and oxygen atoms in total. The van der Waals surface area contributed by atoms with Gasteiger partial charge in [0.25, 0.3) is 0 Å². The van der Waals surface area contributed by atoms with E-state index >= 15 is 0 Å². The van der Waals surface area contributed by atoms with E-state index in [1.165, 1.54) is 6.42 Å². The summed E-state index contributed by atoms with van der Waals surface area (Å²) in [5.74, 6) is 0.312. The first-order valence-corrected chi connectivity index (χ1v) is 3.85. The van der Waals surface area contributed by atoms with Crippen molar-refractivity contribution in [3.8, 4) is 0 Å². The van der Waals surface area contributed by atoms with Gasteiger partial charge >= 0.3 is 0 Å². The Bertz CT molecular complexity index is 144. The molecule has 0 N–H and O–H groups in total. The van der Waals surface area contributed by atoms with E-state index in [9.17, 15) is 4.79 Å². The molecule has 58 valence electrons. The van der Waals surface area contributed by atoms with Crippen LogP contribution in [0.1, 0.15) is 26.7 Å². The highest BCUT2D eigenvalue weighted by Gasteiger charge is 2.29. The fourth-order valence-electron chi connectivity index (χ4n) is 1.60. The fourth-order valence-corrected chi connectivity index (χ4v) is 1.60. The Hall–Kier alpha value is -0.370. The summed E-state index contributed by atoms with van der Waals surface area (Å²) >= 11 is 0. The highest BCUT2D eigenvalue weighted by molar-refractivity contribution is 5.81. The molecule has 0 aromatic rings. The molecule has 1 aliphatic rings. The molecule has 0 spiro atoms. The number of carbonyl (C=O) groups is 1. The molecule has 2 heteroatoms. The minimum atomic E-state index is 0.204. The van der Waals surface area contributed by atoms with Gasteiger partial charge in [0.05, 0.1) is 6.04 Å². The topological polar surface area (TPSA) is 20.3 Å². The second kappa shape index (κ2) is 2.70. The summed E-state index contributed by atoms with van der Waals surface area (Å²) in [7, 11) is 2.03. The molecule has 1 aliphatic heterocycles. The van der Waals surface area contributed by atoms with Crippen molar-refractivity contribution in [3.05, 3.63) is 0 Å². The summed E-state index contributed by atoms with van der Waals surface area (Å²) in [5.41, 5.74) is 0. The van der Waals surface area contributed by atoms with Crippen molar-refractivity contribution in [2.45, 2.75) is 38.8 Å². The Kier molecular flexibility index (Phi) is 2.09. The molecular formula is C8H15NO. The lowest BCUT2D eigenvalue weighted by atomic mass is 10.1. The first kappa shape index (κ1) is 7.73. The van der Waals surface area contributed by atoms with E-state index in [0.29, 0.717) is 11.8 Å². The predicted octanol–water partition coefficient (Wildman–Crippen LogP) is 1.06. The molecule has 2 atom stereocenters. The van der Waals surface area contributed by atoms with E-state index in [1.54, 1.807) is 6.92 Å². The van der Waals surface area contributed by atoms with Gasteiger partial charge in [0.1, 0.15) is 5.78 Å². The Morgan fingerprint density at radius 3 is 2.30 bits per heavy atom. The zero-order valence-corrected chi connectivity index (χ0v) is 6.92. The molecule has 10 heavy (non-hydrogen) atoms. The third-order valence-electron chi connectivity index (χ3n) is 2.51. The number of ketones is 1. The SMILES string of the molecule is CC(=O)C1CCC(C)N1C. The van der Waals surface area contributed by atoms with Gasteiger partial charge in [0.2, 0.25) is 0 Å². The summed E-state index contributed by atoms with van der Waals surface area (Å²) < 4.78 is 0. The molecular weight excluding hydrogens is 126 g/mol. The van der Waals surface area contributed by atoms with E-state index in [2.05, 4.69) is 11.8 Å². The number of hydrogen-bond acceptors (Lipinski definition) is 2. The van der Waals surface area contributed by atoms with Gasteiger partial charge < -0.3 is 0 Å². The zero-order valence-electron chi connectivity index (χ0n) is 6.92. The molecule has 2 unspecified atom stereocenters. The monoisotopic (exact) mass is 141 g/mol. The second-order valence-electron chi connectivity index (χ2n) is 3.22. The highest BCUT2D eigenvalue weighted by atomic mass is 16.1. The first-order chi connectivity index (χ1) is 4.63. The number of nitrogens with zero attached hydrogens (tertiary/aromatic N) is 1. The van der Waals surface area contributed by atoms with Crippen LogP contribution in [0.4, 0.5) is 0 Å². The summed E-state index contributed by atoms with van der Waals surface area (Å²) in [4.78, 5) is 13.1. The van der Waals surface area contributed by atoms with E-state index in [1.807, 2.05) is 7.05 Å². The van der Waals surface area contributed by atoms with Gasteiger partial charge in [-0.2, -0.15) is 0 Å². The third kappa shape index (κ3) is 1.21. The van der Waals surface area contributed by atoms with Crippen LogP contribution in [0.15, 0.2) is 0 Å². The summed E-state index contributed by atoms with van der Waals surface area (Å²) in [6, 6.07) is 0.795. The number of carbonyl (C=O) groups excluding carboxylic acids is 1. The largest absolute Gasteiger partial charge is 0.298 e. The lowest BCUT2D eigenvalue weighted by Gasteiger charge is -2.20. The van der Waals surface area contributed by atoms with Crippen LogP contribution >= 0.6 is 0 Å². The Labute approximate surface area is 62.2 Å². The molecule has 0 amide bonds. The maximum atomic E-state index is 11.0. The maximum Gasteiger partial charge on any atom is 0.146 e. The summed E-state index contributed by atoms with van der Waals surface area (Å²) in [6.45, 7) is 3.85. The number of hydrogen-bond donors (Lipinski definition) is 0. The minimum Gasteiger partial charge on any atom is -0.298 e. The molecule has 1 rings (SSSR count). The lowest BCUT2D eigenvalue weighted by molar-refractivity contribution is -0.121. The van der Waals surface area contributed by atoms with Crippen LogP contribution in [0.5, 0.6) is 0 Å². The normalized spacial score (nSPS) is 34.7. The highest BCUT2D eigenvalue weighted by Crippen LogP contribution is 2.21. The second-order valence-corrected chi connectivity index (χ2v) is 3.22. The quantitative estimate of drug-likeness (QED) is 0.544. The molecule has 1 saturated heterocycles. The molecule has 0 aromatic carbocycles. The van der Waals surface area contributed by atoms with Crippen molar-refractivity contribution in [1.82, 2.24) is 4.90 Å². The molecule has 0 bridgehead atoms. The average molecular weight is 141 g/mol. The van der Waals surface area contributed by atoms with Gasteiger partial charge in [-0.15, -0.1) is 0 Å². The van der Waals surface area contributed by atoms with Crippen LogP contribution in [0.25, 0.3) is 0 Å². The Balaban J connectivity index is 2.57. The van der Waals surface area contributed by atoms with E-state index in [-0.39, 0.29) is 6.04 Å². The summed E-state index contributed by atoms with van der Waals surface area (Å²) in [6.07, 6.45) is 2.22. The van der Waals surface area contributed by atoms with Crippen LogP contribution in [0.3, 0.4) is 0 Å². The van der Waals surface area contributed by atoms with Gasteiger partial charge in [-0.05, 0) is 33.7 Å². The van der Waals surface area contributed by atoms with Crippen LogP contribution in [-0.4, -0.2) is 29.8 Å². The Morgan fingerprint density at radius 1 is 1.50 bits per heavy atom. The van der Waals surface area contributed by atoms with Crippen molar-refractivity contribution < 1.29 is 4.79 Å². The molecule has 1 fully saturated rings. The van der Waals surface area contributed by atoms with E-state index < -0.39 is 0 Å². The minimum absolute atomic E-state index is 0.204. The van der Waals surface area contributed by atoms with Crippen LogP contribution in [0.2, 0.25) is 0 Å². The maximum absolute atomic E-state index is 11.0. The van der Waals surface area contributed by atoms with Gasteiger partial charge in [-0.25, -0.2) is 0 Å². The van der Waals surface area contributed by atoms with Crippen molar-refractivity contribution in [1.29, 1.82) is 0 Å². The number of likely N-dealkylation sites (N-methyl/N-ethyl adjacent to an activating group) is 1. The zero-order chi connectivity index (χ0) is 7.72. The number of likely N-dealkylation sites (tertiary alicyclic amines) is 1.